The molecule has 0 radical (unpaired) electrons. The van der Waals surface area contributed by atoms with Gasteiger partial charge in [-0.25, -0.2) is 0 Å². The Balaban J connectivity index is 2.41. The van der Waals surface area contributed by atoms with Gasteiger partial charge in [0, 0.05) is 11.3 Å². The SMILES string of the molecule is CC1(C)OC(C(Cl)(Cl)Cl)Nc2ccccc21. The number of hydrogen-bond acceptors (Lipinski definition) is 2. The molecule has 2 rings (SSSR count). The molecule has 0 amide bonds. The van der Waals surface area contributed by atoms with Crippen molar-refractivity contribution in [3.8, 4) is 0 Å². The molecule has 88 valence electrons. The molecule has 16 heavy (non-hydrogen) atoms. The fourth-order valence-electron chi connectivity index (χ4n) is 1.81. The van der Waals surface area contributed by atoms with Crippen LogP contribution in [0.3, 0.4) is 0 Å². The number of para-hydroxylation sites is 1. The number of hydrogen-bond donors (Lipinski definition) is 1. The van der Waals surface area contributed by atoms with Gasteiger partial charge in [0.25, 0.3) is 0 Å². The first-order valence-electron chi connectivity index (χ1n) is 4.91. The maximum Gasteiger partial charge on any atom is 0.234 e. The third-order valence-corrected chi connectivity index (χ3v) is 3.17. The van der Waals surface area contributed by atoms with Crippen molar-refractivity contribution in [3.63, 3.8) is 0 Å². The average Bonchev–Trinajstić information content (AvgIpc) is 2.15. The van der Waals surface area contributed by atoms with Gasteiger partial charge in [-0.2, -0.15) is 0 Å². The normalized spacial score (nSPS) is 23.4. The zero-order valence-corrected chi connectivity index (χ0v) is 11.2. The topological polar surface area (TPSA) is 21.3 Å². The molecule has 1 N–H and O–H groups in total. The highest BCUT2D eigenvalue weighted by molar-refractivity contribution is 6.68. The molecule has 0 aliphatic carbocycles. The predicted molar refractivity (Wildman–Crippen MR) is 68.3 cm³/mol. The van der Waals surface area contributed by atoms with Crippen LogP contribution in [-0.4, -0.2) is 10.0 Å². The molecule has 1 unspecified atom stereocenters. The highest BCUT2D eigenvalue weighted by Crippen LogP contribution is 2.43. The Labute approximate surface area is 110 Å². The lowest BCUT2D eigenvalue weighted by Crippen LogP contribution is -2.46. The standard InChI is InChI=1S/C11H12Cl3NO/c1-10(2)7-5-3-4-6-8(7)15-9(16-10)11(12,13)14/h3-6,9,15H,1-2H3. The van der Waals surface area contributed by atoms with E-state index in [2.05, 4.69) is 5.32 Å². The Morgan fingerprint density at radius 3 is 2.50 bits per heavy atom. The first kappa shape index (κ1) is 12.3. The highest BCUT2D eigenvalue weighted by Gasteiger charge is 2.42. The third kappa shape index (κ3) is 2.25. The van der Waals surface area contributed by atoms with Crippen molar-refractivity contribution >= 4 is 40.5 Å². The predicted octanol–water partition coefficient (Wildman–Crippen LogP) is 4.06. The van der Waals surface area contributed by atoms with Crippen LogP contribution < -0.4 is 5.32 Å². The average molecular weight is 281 g/mol. The fraction of sp³-hybridized carbons (Fsp3) is 0.455. The lowest BCUT2D eigenvalue weighted by atomic mass is 9.94. The van der Waals surface area contributed by atoms with Crippen LogP contribution in [0, 0.1) is 0 Å². The third-order valence-electron chi connectivity index (χ3n) is 2.57. The zero-order chi connectivity index (χ0) is 12.0. The molecule has 5 heteroatoms. The number of nitrogens with one attached hydrogen (secondary N) is 1. The van der Waals surface area contributed by atoms with Crippen LogP contribution in [0.25, 0.3) is 0 Å². The van der Waals surface area contributed by atoms with Crippen molar-refractivity contribution in [3.05, 3.63) is 29.8 Å². The molecule has 1 heterocycles. The molecule has 1 aliphatic heterocycles. The number of anilines is 1. The molecular weight excluding hydrogens is 268 g/mol. The maximum atomic E-state index is 5.85. The van der Waals surface area contributed by atoms with E-state index in [1.807, 2.05) is 38.1 Å². The van der Waals surface area contributed by atoms with Crippen LogP contribution in [-0.2, 0) is 10.3 Å². The minimum atomic E-state index is -1.50. The van der Waals surface area contributed by atoms with E-state index in [9.17, 15) is 0 Å². The Kier molecular flexibility index (Phi) is 3.04. The van der Waals surface area contributed by atoms with Crippen molar-refractivity contribution < 1.29 is 4.74 Å². The largest absolute Gasteiger partial charge is 0.356 e. The molecule has 2 nitrogen and oxygen atoms in total. The quantitative estimate of drug-likeness (QED) is 0.724. The van der Waals surface area contributed by atoms with Gasteiger partial charge in [-0.1, -0.05) is 53.0 Å². The number of halogens is 3. The summed E-state index contributed by atoms with van der Waals surface area (Å²) in [6.07, 6.45) is -0.651. The molecule has 1 aromatic rings. The Morgan fingerprint density at radius 1 is 1.25 bits per heavy atom. The molecule has 0 aromatic heterocycles. The van der Waals surface area contributed by atoms with Gasteiger partial charge in [-0.15, -0.1) is 0 Å². The van der Waals surface area contributed by atoms with Crippen LogP contribution in [0.4, 0.5) is 5.69 Å². The summed E-state index contributed by atoms with van der Waals surface area (Å²) < 4.78 is 4.26. The van der Waals surface area contributed by atoms with Gasteiger partial charge in [-0.3, -0.25) is 0 Å². The number of fused-ring (bicyclic) bond motifs is 1. The molecule has 0 fully saturated rings. The lowest BCUT2D eigenvalue weighted by Gasteiger charge is -2.41. The van der Waals surface area contributed by atoms with Crippen molar-refractivity contribution in [2.75, 3.05) is 5.32 Å². The number of ether oxygens (including phenoxy) is 1. The first-order chi connectivity index (χ1) is 7.31. The van der Waals surface area contributed by atoms with E-state index in [-0.39, 0.29) is 0 Å². The molecule has 1 aromatic carbocycles. The van der Waals surface area contributed by atoms with Crippen molar-refractivity contribution in [2.45, 2.75) is 29.5 Å². The maximum absolute atomic E-state index is 5.85. The number of alkyl halides is 3. The van der Waals surface area contributed by atoms with Gasteiger partial charge >= 0.3 is 0 Å². The number of benzene rings is 1. The van der Waals surface area contributed by atoms with Crippen LogP contribution in [0.1, 0.15) is 19.4 Å². The summed E-state index contributed by atoms with van der Waals surface area (Å²) >= 11 is 17.5. The highest BCUT2D eigenvalue weighted by atomic mass is 35.6. The Hall–Kier alpha value is -0.150. The second kappa shape index (κ2) is 3.95. The van der Waals surface area contributed by atoms with Gasteiger partial charge in [0.05, 0.1) is 5.60 Å². The van der Waals surface area contributed by atoms with Gasteiger partial charge < -0.3 is 10.1 Å². The van der Waals surface area contributed by atoms with Crippen molar-refractivity contribution in [2.24, 2.45) is 0 Å². The molecule has 1 atom stereocenters. The van der Waals surface area contributed by atoms with Gasteiger partial charge in [0.1, 0.15) is 0 Å². The van der Waals surface area contributed by atoms with Crippen LogP contribution in [0.2, 0.25) is 0 Å². The van der Waals surface area contributed by atoms with Gasteiger partial charge in [0.15, 0.2) is 6.23 Å². The van der Waals surface area contributed by atoms with Crippen LogP contribution in [0.5, 0.6) is 0 Å². The number of rotatable bonds is 0. The second-order valence-electron chi connectivity index (χ2n) is 4.24. The van der Waals surface area contributed by atoms with E-state index in [0.717, 1.165) is 11.3 Å². The van der Waals surface area contributed by atoms with E-state index in [4.69, 9.17) is 39.5 Å². The Morgan fingerprint density at radius 2 is 1.88 bits per heavy atom. The zero-order valence-electron chi connectivity index (χ0n) is 8.93. The minimum absolute atomic E-state index is 0.476. The summed E-state index contributed by atoms with van der Waals surface area (Å²) in [5.41, 5.74) is 1.52. The van der Waals surface area contributed by atoms with E-state index < -0.39 is 15.6 Å². The van der Waals surface area contributed by atoms with Crippen LogP contribution in [0.15, 0.2) is 24.3 Å². The second-order valence-corrected chi connectivity index (χ2v) is 6.61. The van der Waals surface area contributed by atoms with Gasteiger partial charge in [0.2, 0.25) is 3.79 Å². The van der Waals surface area contributed by atoms with E-state index in [1.54, 1.807) is 0 Å². The molecule has 0 spiro atoms. The molecule has 0 saturated carbocycles. The lowest BCUT2D eigenvalue weighted by molar-refractivity contribution is -0.0694. The summed E-state index contributed by atoms with van der Waals surface area (Å²) in [5, 5.41) is 3.07. The van der Waals surface area contributed by atoms with Crippen molar-refractivity contribution in [1.29, 1.82) is 0 Å². The van der Waals surface area contributed by atoms with E-state index in [0.29, 0.717) is 0 Å². The summed E-state index contributed by atoms with van der Waals surface area (Å²) in [7, 11) is 0. The smallest absolute Gasteiger partial charge is 0.234 e. The minimum Gasteiger partial charge on any atom is -0.356 e. The fourth-order valence-corrected chi connectivity index (χ4v) is 2.11. The molecule has 1 aliphatic rings. The molecular formula is C11H12Cl3NO. The first-order valence-corrected chi connectivity index (χ1v) is 6.05. The monoisotopic (exact) mass is 279 g/mol. The van der Waals surface area contributed by atoms with E-state index in [1.165, 1.54) is 0 Å². The molecule has 0 bridgehead atoms. The summed E-state index contributed by atoms with van der Waals surface area (Å²) in [6, 6.07) is 7.84. The summed E-state index contributed by atoms with van der Waals surface area (Å²) in [4.78, 5) is 0. The van der Waals surface area contributed by atoms with Gasteiger partial charge in [-0.05, 0) is 19.9 Å². The van der Waals surface area contributed by atoms with E-state index >= 15 is 0 Å². The van der Waals surface area contributed by atoms with Crippen LogP contribution >= 0.6 is 34.8 Å². The summed E-state index contributed by atoms with van der Waals surface area (Å²) in [5.74, 6) is 0. The Bertz CT molecular complexity index is 400. The molecule has 0 saturated heterocycles. The summed E-state index contributed by atoms with van der Waals surface area (Å²) in [6.45, 7) is 3.91. The van der Waals surface area contributed by atoms with Crippen molar-refractivity contribution in [1.82, 2.24) is 0 Å².